The van der Waals surface area contributed by atoms with Gasteiger partial charge in [-0.05, 0) is 50.8 Å². The van der Waals surface area contributed by atoms with Crippen LogP contribution in [0.4, 0.5) is 11.8 Å². The van der Waals surface area contributed by atoms with Gasteiger partial charge in [-0.3, -0.25) is 9.59 Å². The van der Waals surface area contributed by atoms with E-state index in [0.29, 0.717) is 23.1 Å². The van der Waals surface area contributed by atoms with Gasteiger partial charge in [0.2, 0.25) is 5.95 Å². The predicted molar refractivity (Wildman–Crippen MR) is 141 cm³/mol. The lowest BCUT2D eigenvalue weighted by Crippen LogP contribution is -2.42. The first-order valence-corrected chi connectivity index (χ1v) is 12.5. The minimum absolute atomic E-state index is 0.0161. The Balaban J connectivity index is 1.69. The molecule has 0 saturated carbocycles. The zero-order chi connectivity index (χ0) is 27.7. The van der Waals surface area contributed by atoms with Gasteiger partial charge in [0.25, 0.3) is 5.91 Å². The Bertz CT molecular complexity index is 1280. The fraction of sp³-hybridized carbons (Fsp3) is 0.423. The average Bonchev–Trinajstić information content (AvgIpc) is 2.90. The van der Waals surface area contributed by atoms with Gasteiger partial charge in [-0.15, -0.1) is 0 Å². The third kappa shape index (κ3) is 7.34. The number of anilines is 2. The fourth-order valence-corrected chi connectivity index (χ4v) is 3.92. The lowest BCUT2D eigenvalue weighted by Gasteiger charge is -2.17. The van der Waals surface area contributed by atoms with E-state index in [0.717, 1.165) is 17.7 Å². The highest BCUT2D eigenvalue weighted by molar-refractivity contribution is 5.96. The summed E-state index contributed by atoms with van der Waals surface area (Å²) in [5, 5.41) is 2.67. The number of benzene rings is 1. The monoisotopic (exact) mass is 523 g/mol. The minimum atomic E-state index is -0.964. The van der Waals surface area contributed by atoms with Crippen LogP contribution >= 0.6 is 0 Å². The summed E-state index contributed by atoms with van der Waals surface area (Å²) in [5.41, 5.74) is 14.5. The second kappa shape index (κ2) is 13.3. The molecule has 1 aromatic carbocycles. The van der Waals surface area contributed by atoms with Crippen LogP contribution < -0.4 is 16.8 Å². The molecule has 0 spiro atoms. The van der Waals surface area contributed by atoms with E-state index in [1.54, 1.807) is 32.2 Å². The fourth-order valence-electron chi connectivity index (χ4n) is 3.92. The summed E-state index contributed by atoms with van der Waals surface area (Å²) in [5.74, 6) is -1.23. The number of esters is 2. The van der Waals surface area contributed by atoms with Gasteiger partial charge < -0.3 is 26.3 Å². The average molecular weight is 524 g/mol. The van der Waals surface area contributed by atoms with E-state index in [4.69, 9.17) is 20.9 Å². The number of carbonyl (C=O) groups excluding carboxylic acids is 3. The zero-order valence-electron chi connectivity index (χ0n) is 21.8. The maximum absolute atomic E-state index is 12.8. The largest absolute Gasteiger partial charge is 0.466 e. The van der Waals surface area contributed by atoms with Crippen LogP contribution in [0.3, 0.4) is 0 Å². The maximum Gasteiger partial charge on any atom is 0.328 e. The van der Waals surface area contributed by atoms with E-state index in [2.05, 4.69) is 25.3 Å². The number of amides is 1. The van der Waals surface area contributed by atoms with Crippen molar-refractivity contribution in [2.24, 2.45) is 0 Å². The number of hydrogen-bond acceptors (Lipinski definition) is 11. The lowest BCUT2D eigenvalue weighted by molar-refractivity contribution is -0.146. The Hall–Kier alpha value is -4.35. The molecule has 3 aromatic rings. The molecule has 0 aliphatic carbocycles. The lowest BCUT2D eigenvalue weighted by atomic mass is 9.93. The highest BCUT2D eigenvalue weighted by atomic mass is 16.5. The summed E-state index contributed by atoms with van der Waals surface area (Å²) >= 11 is 0. The van der Waals surface area contributed by atoms with Crippen molar-refractivity contribution in [3.63, 3.8) is 0 Å². The molecule has 0 aliphatic heterocycles. The summed E-state index contributed by atoms with van der Waals surface area (Å²) in [6.45, 7) is 5.82. The number of nitrogens with zero attached hydrogens (tertiary/aromatic N) is 4. The number of hydrogen-bond donors (Lipinski definition) is 3. The molecule has 5 N–H and O–H groups in total. The van der Waals surface area contributed by atoms with Crippen molar-refractivity contribution in [1.29, 1.82) is 0 Å². The molecule has 2 heterocycles. The van der Waals surface area contributed by atoms with Gasteiger partial charge in [-0.2, -0.15) is 9.97 Å². The molecule has 2 aromatic heterocycles. The van der Waals surface area contributed by atoms with Crippen molar-refractivity contribution in [2.75, 3.05) is 24.7 Å². The highest BCUT2D eigenvalue weighted by Gasteiger charge is 2.24. The molecule has 0 bridgehead atoms. The van der Waals surface area contributed by atoms with Crippen molar-refractivity contribution in [3.8, 4) is 0 Å². The van der Waals surface area contributed by atoms with Crippen LogP contribution in [0, 0.1) is 0 Å². The summed E-state index contributed by atoms with van der Waals surface area (Å²) in [6.07, 6.45) is 3.17. The van der Waals surface area contributed by atoms with Crippen molar-refractivity contribution in [2.45, 2.75) is 58.4 Å². The van der Waals surface area contributed by atoms with Gasteiger partial charge in [0.1, 0.15) is 6.04 Å². The molecule has 2 atom stereocenters. The minimum Gasteiger partial charge on any atom is -0.466 e. The Labute approximate surface area is 220 Å². The second-order valence-corrected chi connectivity index (χ2v) is 8.56. The number of nitrogens with one attached hydrogen (secondary N) is 1. The Kier molecular flexibility index (Phi) is 9.85. The molecule has 0 radical (unpaired) electrons. The van der Waals surface area contributed by atoms with Crippen molar-refractivity contribution < 1.29 is 23.9 Å². The van der Waals surface area contributed by atoms with Gasteiger partial charge in [0.05, 0.1) is 25.1 Å². The summed E-state index contributed by atoms with van der Waals surface area (Å²) in [4.78, 5) is 53.9. The van der Waals surface area contributed by atoms with Gasteiger partial charge in [0.15, 0.2) is 17.0 Å². The molecule has 0 fully saturated rings. The summed E-state index contributed by atoms with van der Waals surface area (Å²) < 4.78 is 9.96. The third-order valence-electron chi connectivity index (χ3n) is 5.90. The summed E-state index contributed by atoms with van der Waals surface area (Å²) in [7, 11) is 0. The van der Waals surface area contributed by atoms with E-state index < -0.39 is 23.9 Å². The highest BCUT2D eigenvalue weighted by Crippen LogP contribution is 2.25. The molecule has 38 heavy (non-hydrogen) atoms. The van der Waals surface area contributed by atoms with Crippen LogP contribution in [0.15, 0.2) is 30.5 Å². The standard InChI is InChI=1S/C26H33N7O5/c1-4-16(19-14-29-23-21(30-19)22(27)32-26(28)33-23)13-15-7-9-17(10-8-15)24(35)31-18(25(36)38-6-3)11-12-20(34)37-5-2/h7-10,14,16,18H,4-6,11-13H2,1-3H3,(H,31,35)(H4,27,28,29,32,33). The number of rotatable bonds is 12. The number of aromatic nitrogens is 4. The van der Waals surface area contributed by atoms with Crippen molar-refractivity contribution in [1.82, 2.24) is 25.3 Å². The van der Waals surface area contributed by atoms with E-state index in [1.165, 1.54) is 0 Å². The van der Waals surface area contributed by atoms with Crippen molar-refractivity contribution in [3.05, 3.63) is 47.3 Å². The van der Waals surface area contributed by atoms with Gasteiger partial charge >= 0.3 is 11.9 Å². The molecular weight excluding hydrogens is 490 g/mol. The SMILES string of the molecule is CCOC(=O)CCC(NC(=O)c1ccc(CC(CC)c2cnc3nc(N)nc(N)c3n2)cc1)C(=O)OCC. The molecule has 202 valence electrons. The first-order valence-electron chi connectivity index (χ1n) is 12.5. The van der Waals surface area contributed by atoms with Crippen LogP contribution in [0.2, 0.25) is 0 Å². The molecule has 12 heteroatoms. The number of nitrogen functional groups attached to an aromatic ring is 2. The third-order valence-corrected chi connectivity index (χ3v) is 5.90. The van der Waals surface area contributed by atoms with Crippen molar-refractivity contribution >= 4 is 40.8 Å². The molecule has 12 nitrogen and oxygen atoms in total. The van der Waals surface area contributed by atoms with Crippen LogP contribution in [0.25, 0.3) is 11.2 Å². The van der Waals surface area contributed by atoms with Crippen LogP contribution in [0.1, 0.15) is 67.6 Å². The Morgan fingerprint density at radius 1 is 0.974 bits per heavy atom. The number of fused-ring (bicyclic) bond motifs is 1. The van der Waals surface area contributed by atoms with E-state index in [-0.39, 0.29) is 43.7 Å². The van der Waals surface area contributed by atoms with Gasteiger partial charge in [0, 0.05) is 17.9 Å². The normalized spacial score (nSPS) is 12.5. The van der Waals surface area contributed by atoms with E-state index >= 15 is 0 Å². The molecule has 0 aliphatic rings. The number of nitrogens with two attached hydrogens (primary N) is 2. The van der Waals surface area contributed by atoms with Crippen LogP contribution in [-0.2, 0) is 25.5 Å². The maximum atomic E-state index is 12.8. The van der Waals surface area contributed by atoms with E-state index in [9.17, 15) is 14.4 Å². The zero-order valence-corrected chi connectivity index (χ0v) is 21.8. The molecule has 0 saturated heterocycles. The number of ether oxygens (including phenoxy) is 2. The van der Waals surface area contributed by atoms with Gasteiger partial charge in [-0.1, -0.05) is 19.1 Å². The Morgan fingerprint density at radius 2 is 1.68 bits per heavy atom. The topological polar surface area (TPSA) is 185 Å². The van der Waals surface area contributed by atoms with Gasteiger partial charge in [-0.25, -0.2) is 14.8 Å². The predicted octanol–water partition coefficient (Wildman–Crippen LogP) is 2.33. The molecule has 1 amide bonds. The first-order chi connectivity index (χ1) is 18.2. The number of carbonyl (C=O) groups is 3. The molecule has 3 rings (SSSR count). The Morgan fingerprint density at radius 3 is 2.34 bits per heavy atom. The van der Waals surface area contributed by atoms with Crippen LogP contribution in [-0.4, -0.2) is 57.0 Å². The van der Waals surface area contributed by atoms with E-state index in [1.807, 2.05) is 19.1 Å². The summed E-state index contributed by atoms with van der Waals surface area (Å²) in [6, 6.07) is 6.11. The molecule has 2 unspecified atom stereocenters. The van der Waals surface area contributed by atoms with Crippen LogP contribution in [0.5, 0.6) is 0 Å². The second-order valence-electron chi connectivity index (χ2n) is 8.56. The molecular formula is C26H33N7O5. The smallest absolute Gasteiger partial charge is 0.328 e. The quantitative estimate of drug-likeness (QED) is 0.296. The first kappa shape index (κ1) is 28.2.